The average Bonchev–Trinajstić information content (AvgIpc) is 2.56. The summed E-state index contributed by atoms with van der Waals surface area (Å²) in [5.41, 5.74) is -0.0943. The van der Waals surface area contributed by atoms with Gasteiger partial charge in [-0.05, 0) is 26.8 Å². The van der Waals surface area contributed by atoms with Gasteiger partial charge in [-0.25, -0.2) is 4.79 Å². The quantitative estimate of drug-likeness (QED) is 0.364. The molecule has 1 fully saturated rings. The largest absolute Gasteiger partial charge is 0.463 e. The maximum atomic E-state index is 10.8. The molecule has 3 nitrogen and oxygen atoms in total. The van der Waals surface area contributed by atoms with Crippen molar-refractivity contribution in [3.63, 3.8) is 0 Å². The fourth-order valence-electron chi connectivity index (χ4n) is 0.921. The predicted octanol–water partition coefficient (Wildman–Crippen LogP) is 1.28. The van der Waals surface area contributed by atoms with Crippen LogP contribution in [0.15, 0.2) is 12.2 Å². The lowest BCUT2D eigenvalue weighted by Crippen LogP contribution is -2.03. The van der Waals surface area contributed by atoms with Gasteiger partial charge in [0.2, 0.25) is 0 Å². The summed E-state index contributed by atoms with van der Waals surface area (Å²) in [6.45, 7) is 6.15. The van der Waals surface area contributed by atoms with Crippen LogP contribution in [-0.4, -0.2) is 24.3 Å². The molecule has 0 saturated carbocycles. The molecular formula is C9H14O3. The number of carbonyl (C=O) groups excluding carboxylic acids is 1. The Morgan fingerprint density at radius 3 is 2.67 bits per heavy atom. The van der Waals surface area contributed by atoms with Crippen molar-refractivity contribution < 1.29 is 14.3 Å². The lowest BCUT2D eigenvalue weighted by atomic mass is 10.1. The van der Waals surface area contributed by atoms with Gasteiger partial charge in [0.25, 0.3) is 0 Å². The monoisotopic (exact) mass is 170 g/mol. The number of hydrogen-bond acceptors (Lipinski definition) is 3. The summed E-state index contributed by atoms with van der Waals surface area (Å²) < 4.78 is 9.95. The summed E-state index contributed by atoms with van der Waals surface area (Å²) in [5.74, 6) is -0.302. The Morgan fingerprint density at radius 1 is 1.67 bits per heavy atom. The minimum atomic E-state index is -0.302. The molecule has 0 radical (unpaired) electrons. The van der Waals surface area contributed by atoms with Crippen molar-refractivity contribution >= 4 is 5.97 Å². The van der Waals surface area contributed by atoms with Crippen LogP contribution >= 0.6 is 0 Å². The van der Waals surface area contributed by atoms with Gasteiger partial charge in [0.1, 0.15) is 6.10 Å². The van der Waals surface area contributed by atoms with Gasteiger partial charge in [-0.3, -0.25) is 0 Å². The molecule has 0 N–H and O–H groups in total. The highest BCUT2D eigenvalue weighted by Gasteiger charge is 2.45. The van der Waals surface area contributed by atoms with Gasteiger partial charge in [-0.2, -0.15) is 0 Å². The molecular weight excluding hydrogens is 156 g/mol. The molecule has 0 unspecified atom stereocenters. The molecule has 0 spiro atoms. The van der Waals surface area contributed by atoms with Gasteiger partial charge >= 0.3 is 5.97 Å². The molecule has 0 amide bonds. The number of epoxide rings is 1. The van der Waals surface area contributed by atoms with Crippen LogP contribution in [0.25, 0.3) is 0 Å². The number of carbonyl (C=O) groups is 1. The molecule has 1 aliphatic rings. The van der Waals surface area contributed by atoms with Crippen LogP contribution in [0.1, 0.15) is 20.8 Å². The Hall–Kier alpha value is -0.830. The van der Waals surface area contributed by atoms with Crippen molar-refractivity contribution in [3.8, 4) is 0 Å². The van der Waals surface area contributed by atoms with Gasteiger partial charge in [-0.1, -0.05) is 0 Å². The van der Waals surface area contributed by atoms with E-state index in [9.17, 15) is 4.79 Å². The second-order valence-corrected chi connectivity index (χ2v) is 3.25. The Balaban J connectivity index is 2.28. The normalized spacial score (nSPS) is 25.8. The van der Waals surface area contributed by atoms with Crippen LogP contribution in [-0.2, 0) is 14.3 Å². The van der Waals surface area contributed by atoms with Crippen molar-refractivity contribution in [2.45, 2.75) is 32.5 Å². The molecule has 1 saturated heterocycles. The summed E-state index contributed by atoms with van der Waals surface area (Å²) in [7, 11) is 0. The van der Waals surface area contributed by atoms with E-state index in [1.807, 2.05) is 13.8 Å². The third-order valence-electron chi connectivity index (χ3n) is 1.75. The van der Waals surface area contributed by atoms with Gasteiger partial charge in [-0.15, -0.1) is 0 Å². The fourth-order valence-corrected chi connectivity index (χ4v) is 0.921. The third kappa shape index (κ3) is 2.34. The molecule has 12 heavy (non-hydrogen) atoms. The lowest BCUT2D eigenvalue weighted by Gasteiger charge is -1.93. The van der Waals surface area contributed by atoms with Crippen molar-refractivity contribution in [3.05, 3.63) is 12.2 Å². The Kier molecular flexibility index (Phi) is 2.52. The Morgan fingerprint density at radius 2 is 2.25 bits per heavy atom. The molecule has 3 heteroatoms. The molecule has 0 aromatic rings. The van der Waals surface area contributed by atoms with E-state index >= 15 is 0 Å². The maximum absolute atomic E-state index is 10.8. The number of hydrogen-bond donors (Lipinski definition) is 0. The molecule has 1 atom stereocenters. The molecule has 1 heterocycles. The first-order valence-electron chi connectivity index (χ1n) is 4.09. The van der Waals surface area contributed by atoms with Gasteiger partial charge in [0, 0.05) is 6.08 Å². The standard InChI is InChI=1S/C9H14O3/c1-4-11-8(10)6-5-7-9(2,3)12-7/h5-7H,4H2,1-3H3/b6-5+/t7-/m1/s1. The van der Waals surface area contributed by atoms with E-state index in [0.717, 1.165) is 0 Å². The minimum Gasteiger partial charge on any atom is -0.463 e. The first-order chi connectivity index (χ1) is 5.56. The van der Waals surface area contributed by atoms with E-state index in [0.29, 0.717) is 6.61 Å². The minimum absolute atomic E-state index is 0.0712. The van der Waals surface area contributed by atoms with E-state index in [-0.39, 0.29) is 17.7 Å². The molecule has 1 aliphatic heterocycles. The number of rotatable bonds is 3. The first-order valence-corrected chi connectivity index (χ1v) is 4.09. The second-order valence-electron chi connectivity index (χ2n) is 3.25. The highest BCUT2D eigenvalue weighted by Crippen LogP contribution is 2.35. The maximum Gasteiger partial charge on any atom is 0.330 e. The van der Waals surface area contributed by atoms with Crippen LogP contribution in [0.5, 0.6) is 0 Å². The zero-order valence-electron chi connectivity index (χ0n) is 7.66. The smallest absolute Gasteiger partial charge is 0.330 e. The molecule has 0 aromatic carbocycles. The summed E-state index contributed by atoms with van der Waals surface area (Å²) in [6, 6.07) is 0. The molecule has 1 rings (SSSR count). The second kappa shape index (κ2) is 3.27. The number of ether oxygens (including phenoxy) is 2. The van der Waals surface area contributed by atoms with Crippen LogP contribution in [0, 0.1) is 0 Å². The predicted molar refractivity (Wildman–Crippen MR) is 44.7 cm³/mol. The topological polar surface area (TPSA) is 38.8 Å². The summed E-state index contributed by atoms with van der Waals surface area (Å²) in [6.07, 6.45) is 3.22. The van der Waals surface area contributed by atoms with E-state index in [2.05, 4.69) is 0 Å². The van der Waals surface area contributed by atoms with Crippen LogP contribution in [0.3, 0.4) is 0 Å². The molecule has 68 valence electrons. The summed E-state index contributed by atoms with van der Waals surface area (Å²) in [4.78, 5) is 10.8. The van der Waals surface area contributed by atoms with E-state index in [1.165, 1.54) is 6.08 Å². The lowest BCUT2D eigenvalue weighted by molar-refractivity contribution is -0.137. The fraction of sp³-hybridized carbons (Fsp3) is 0.667. The Labute approximate surface area is 72.4 Å². The number of esters is 1. The SMILES string of the molecule is CCOC(=O)/C=C/[C@H]1OC1(C)C. The van der Waals surface area contributed by atoms with Crippen molar-refractivity contribution in [1.29, 1.82) is 0 Å². The van der Waals surface area contributed by atoms with Gasteiger partial charge in [0.05, 0.1) is 12.2 Å². The summed E-state index contributed by atoms with van der Waals surface area (Å²) >= 11 is 0. The molecule has 0 aromatic heterocycles. The van der Waals surface area contributed by atoms with Crippen LogP contribution in [0.4, 0.5) is 0 Å². The van der Waals surface area contributed by atoms with E-state index in [1.54, 1.807) is 13.0 Å². The molecule has 0 bridgehead atoms. The zero-order valence-corrected chi connectivity index (χ0v) is 7.66. The zero-order chi connectivity index (χ0) is 9.19. The van der Waals surface area contributed by atoms with Gasteiger partial charge in [0.15, 0.2) is 0 Å². The third-order valence-corrected chi connectivity index (χ3v) is 1.75. The van der Waals surface area contributed by atoms with Crippen molar-refractivity contribution in [2.75, 3.05) is 6.61 Å². The summed E-state index contributed by atoms with van der Waals surface area (Å²) in [5, 5.41) is 0. The average molecular weight is 170 g/mol. The highest BCUT2D eigenvalue weighted by molar-refractivity contribution is 5.82. The Bertz CT molecular complexity index is 206. The van der Waals surface area contributed by atoms with Crippen LogP contribution < -0.4 is 0 Å². The van der Waals surface area contributed by atoms with Crippen LogP contribution in [0.2, 0.25) is 0 Å². The first kappa shape index (κ1) is 9.26. The van der Waals surface area contributed by atoms with Crippen molar-refractivity contribution in [1.82, 2.24) is 0 Å². The van der Waals surface area contributed by atoms with E-state index < -0.39 is 0 Å². The molecule has 0 aliphatic carbocycles. The van der Waals surface area contributed by atoms with Crippen molar-refractivity contribution in [2.24, 2.45) is 0 Å². The van der Waals surface area contributed by atoms with Gasteiger partial charge < -0.3 is 9.47 Å². The van der Waals surface area contributed by atoms with E-state index in [4.69, 9.17) is 9.47 Å². The highest BCUT2D eigenvalue weighted by atomic mass is 16.6.